The molecule has 2 rings (SSSR count). The molecule has 42 heavy (non-hydrogen) atoms. The zero-order valence-corrected chi connectivity index (χ0v) is 28.2. The average Bonchev–Trinajstić information content (AvgIpc) is 2.98. The molecule has 0 aliphatic heterocycles. The zero-order valence-electron chi connectivity index (χ0n) is 27.2. The monoisotopic (exact) mass is 604 g/mol. The van der Waals surface area contributed by atoms with E-state index in [0.717, 1.165) is 55.6 Å². The molecule has 0 aromatic heterocycles. The van der Waals surface area contributed by atoms with Gasteiger partial charge < -0.3 is 23.1 Å². The maximum atomic E-state index is 11.9. The van der Waals surface area contributed by atoms with Gasteiger partial charge in [0.2, 0.25) is 0 Å². The van der Waals surface area contributed by atoms with Gasteiger partial charge in [0.1, 0.15) is 5.75 Å². The number of unbranched alkanes of at least 4 members (excludes halogenated alkanes) is 7. The number of rotatable bonds is 24. The molecule has 1 aromatic rings. The van der Waals surface area contributed by atoms with Gasteiger partial charge in [0.25, 0.3) is 0 Å². The summed E-state index contributed by atoms with van der Waals surface area (Å²) in [4.78, 5) is 11.9. The summed E-state index contributed by atoms with van der Waals surface area (Å²) in [6.45, 7) is 10.8. The lowest BCUT2D eigenvalue weighted by Crippen LogP contribution is -2.45. The van der Waals surface area contributed by atoms with Gasteiger partial charge in [0, 0.05) is 31.4 Å². The van der Waals surface area contributed by atoms with Crippen LogP contribution in [0.3, 0.4) is 0 Å². The van der Waals surface area contributed by atoms with Gasteiger partial charge >= 0.3 is 14.8 Å². The van der Waals surface area contributed by atoms with Crippen molar-refractivity contribution in [1.82, 2.24) is 0 Å². The van der Waals surface area contributed by atoms with Crippen molar-refractivity contribution in [1.29, 1.82) is 0 Å². The maximum absolute atomic E-state index is 11.9. The quantitative estimate of drug-likeness (QED) is 0.0719. The summed E-state index contributed by atoms with van der Waals surface area (Å²) in [5.74, 6) is 1.59. The molecule has 1 N–H and O–H groups in total. The molecular formula is C35H60O6Si. The van der Waals surface area contributed by atoms with E-state index in [0.29, 0.717) is 37.7 Å². The second-order valence-electron chi connectivity index (χ2n) is 11.8. The molecule has 7 heteroatoms. The third-order valence-electron chi connectivity index (χ3n) is 8.44. The average molecular weight is 605 g/mol. The molecule has 0 amide bonds. The summed E-state index contributed by atoms with van der Waals surface area (Å²) in [6.07, 6.45) is 19.7. The number of carbonyl (C=O) groups is 1. The van der Waals surface area contributed by atoms with Gasteiger partial charge in [0.05, 0.1) is 6.61 Å². The third-order valence-corrected chi connectivity index (χ3v) is 11.6. The standard InChI is InChI=1S/C35H60O6Si/c1-5-9-10-11-14-17-30-19-21-32(22-20-30)29-38-34-25-23-31(24-26-34)28-33(35(36)37)18-15-12-13-16-27-42(39-6-2,40-7-3)41-8-4/h23-26,28,30,32H,5-22,27,29H2,1-4H3,(H,36,37)/b33-28+. The lowest BCUT2D eigenvalue weighted by molar-refractivity contribution is -0.132. The summed E-state index contributed by atoms with van der Waals surface area (Å²) in [5.41, 5.74) is 1.35. The van der Waals surface area contributed by atoms with Crippen LogP contribution in [-0.4, -0.2) is 46.3 Å². The molecule has 6 nitrogen and oxygen atoms in total. The van der Waals surface area contributed by atoms with Gasteiger partial charge in [-0.2, -0.15) is 0 Å². The fraction of sp³-hybridized carbons (Fsp3) is 0.743. The molecular weight excluding hydrogens is 544 g/mol. The lowest BCUT2D eigenvalue weighted by atomic mass is 9.80. The van der Waals surface area contributed by atoms with Crippen LogP contribution in [0.15, 0.2) is 29.8 Å². The minimum Gasteiger partial charge on any atom is -0.493 e. The Hall–Kier alpha value is -1.67. The lowest BCUT2D eigenvalue weighted by Gasteiger charge is -2.28. The topological polar surface area (TPSA) is 74.2 Å². The molecule has 0 saturated heterocycles. The Morgan fingerprint density at radius 3 is 1.95 bits per heavy atom. The van der Waals surface area contributed by atoms with Gasteiger partial charge in [-0.25, -0.2) is 4.79 Å². The zero-order chi connectivity index (χ0) is 30.5. The molecule has 1 aliphatic carbocycles. The van der Waals surface area contributed by atoms with E-state index in [4.69, 9.17) is 18.0 Å². The van der Waals surface area contributed by atoms with Crippen LogP contribution < -0.4 is 4.74 Å². The largest absolute Gasteiger partial charge is 0.500 e. The van der Waals surface area contributed by atoms with Gasteiger partial charge in [-0.1, -0.05) is 83.3 Å². The third kappa shape index (κ3) is 14.7. The number of aliphatic carboxylic acids is 1. The van der Waals surface area contributed by atoms with E-state index in [1.54, 1.807) is 6.08 Å². The predicted octanol–water partition coefficient (Wildman–Crippen LogP) is 9.70. The van der Waals surface area contributed by atoms with Crippen LogP contribution in [0.5, 0.6) is 5.75 Å². The van der Waals surface area contributed by atoms with Crippen molar-refractivity contribution in [3.05, 3.63) is 35.4 Å². The Morgan fingerprint density at radius 1 is 0.786 bits per heavy atom. The van der Waals surface area contributed by atoms with Crippen molar-refractivity contribution >= 4 is 20.8 Å². The van der Waals surface area contributed by atoms with E-state index in [1.165, 1.54) is 64.2 Å². The Balaban J connectivity index is 1.71. The molecule has 1 aromatic carbocycles. The molecule has 0 radical (unpaired) electrons. The Morgan fingerprint density at radius 2 is 1.36 bits per heavy atom. The van der Waals surface area contributed by atoms with E-state index >= 15 is 0 Å². The summed E-state index contributed by atoms with van der Waals surface area (Å²) in [7, 11) is -2.59. The molecule has 1 fully saturated rings. The highest BCUT2D eigenvalue weighted by molar-refractivity contribution is 6.60. The summed E-state index contributed by atoms with van der Waals surface area (Å²) < 4.78 is 23.9. The molecule has 0 unspecified atom stereocenters. The number of carboxylic acid groups (broad SMARTS) is 1. The number of hydrogen-bond donors (Lipinski definition) is 1. The van der Waals surface area contributed by atoms with Crippen LogP contribution in [0.2, 0.25) is 6.04 Å². The van der Waals surface area contributed by atoms with E-state index < -0.39 is 14.8 Å². The van der Waals surface area contributed by atoms with E-state index in [-0.39, 0.29) is 0 Å². The van der Waals surface area contributed by atoms with Crippen molar-refractivity contribution in [2.24, 2.45) is 11.8 Å². The Labute approximate surface area is 257 Å². The summed E-state index contributed by atoms with van der Waals surface area (Å²) in [6, 6.07) is 8.68. The van der Waals surface area contributed by atoms with E-state index in [2.05, 4.69) is 6.92 Å². The van der Waals surface area contributed by atoms with Gasteiger partial charge in [-0.3, -0.25) is 0 Å². The number of benzene rings is 1. The second kappa shape index (κ2) is 21.9. The first-order valence-electron chi connectivity index (χ1n) is 17.0. The highest BCUT2D eigenvalue weighted by Crippen LogP contribution is 2.32. The first kappa shape index (κ1) is 36.5. The highest BCUT2D eigenvalue weighted by atomic mass is 28.4. The summed E-state index contributed by atoms with van der Waals surface area (Å²) >= 11 is 0. The maximum Gasteiger partial charge on any atom is 0.500 e. The van der Waals surface area contributed by atoms with Crippen LogP contribution in [-0.2, 0) is 18.1 Å². The van der Waals surface area contributed by atoms with Crippen LogP contribution in [0.25, 0.3) is 6.08 Å². The minimum atomic E-state index is -2.59. The normalized spacial score (nSPS) is 17.9. The van der Waals surface area contributed by atoms with Crippen molar-refractivity contribution in [2.45, 2.75) is 130 Å². The predicted molar refractivity (Wildman–Crippen MR) is 175 cm³/mol. The Kier molecular flexibility index (Phi) is 19.1. The van der Waals surface area contributed by atoms with Gasteiger partial charge in [0.15, 0.2) is 0 Å². The van der Waals surface area contributed by atoms with Crippen molar-refractivity contribution in [2.75, 3.05) is 26.4 Å². The molecule has 0 atom stereocenters. The van der Waals surface area contributed by atoms with Gasteiger partial charge in [-0.15, -0.1) is 0 Å². The van der Waals surface area contributed by atoms with E-state index in [9.17, 15) is 9.90 Å². The molecule has 1 aliphatic rings. The second-order valence-corrected chi connectivity index (χ2v) is 14.6. The SMILES string of the molecule is CCCCCCCC1CCC(COc2ccc(/C=C(\CCCCCC[Si](OCC)(OCC)OCC)C(=O)O)cc2)CC1. The number of ether oxygens (including phenoxy) is 1. The molecule has 0 bridgehead atoms. The van der Waals surface area contributed by atoms with Crippen LogP contribution in [0, 0.1) is 11.8 Å². The van der Waals surface area contributed by atoms with Crippen LogP contribution in [0.1, 0.15) is 130 Å². The van der Waals surface area contributed by atoms with Crippen LogP contribution in [0.4, 0.5) is 0 Å². The molecule has 0 spiro atoms. The number of hydrogen-bond acceptors (Lipinski definition) is 5. The van der Waals surface area contributed by atoms with Crippen LogP contribution >= 0.6 is 0 Å². The van der Waals surface area contributed by atoms with Gasteiger partial charge in [-0.05, 0) is 88.5 Å². The van der Waals surface area contributed by atoms with Crippen molar-refractivity contribution in [3.63, 3.8) is 0 Å². The fourth-order valence-electron chi connectivity index (χ4n) is 6.05. The molecule has 240 valence electrons. The highest BCUT2D eigenvalue weighted by Gasteiger charge is 2.39. The Bertz CT molecular complexity index is 846. The van der Waals surface area contributed by atoms with Crippen molar-refractivity contribution < 1.29 is 27.9 Å². The van der Waals surface area contributed by atoms with E-state index in [1.807, 2.05) is 45.0 Å². The first-order valence-corrected chi connectivity index (χ1v) is 19.0. The number of carboxylic acids is 1. The molecule has 1 saturated carbocycles. The first-order chi connectivity index (χ1) is 20.4. The van der Waals surface area contributed by atoms with Crippen molar-refractivity contribution in [3.8, 4) is 5.75 Å². The smallest absolute Gasteiger partial charge is 0.493 e. The minimum absolute atomic E-state index is 0.451. The fourth-order valence-corrected chi connectivity index (χ4v) is 8.74. The summed E-state index contributed by atoms with van der Waals surface area (Å²) in [5, 5.41) is 9.77. The molecule has 0 heterocycles.